The van der Waals surface area contributed by atoms with Crippen molar-refractivity contribution in [1.82, 2.24) is 9.55 Å². The molecule has 0 aliphatic heterocycles. The summed E-state index contributed by atoms with van der Waals surface area (Å²) in [5.74, 6) is -0.865. The van der Waals surface area contributed by atoms with Crippen LogP contribution >= 0.6 is 11.8 Å². The highest BCUT2D eigenvalue weighted by molar-refractivity contribution is 7.99. The molecule has 1 heterocycles. The van der Waals surface area contributed by atoms with Gasteiger partial charge in [0.1, 0.15) is 17.3 Å². The van der Waals surface area contributed by atoms with Crippen LogP contribution in [0.2, 0.25) is 0 Å². The van der Waals surface area contributed by atoms with E-state index in [1.165, 1.54) is 46.9 Å². The first-order chi connectivity index (χ1) is 8.24. The van der Waals surface area contributed by atoms with Crippen LogP contribution in [0.25, 0.3) is 5.69 Å². The fourth-order valence-electron chi connectivity index (χ4n) is 1.42. The summed E-state index contributed by atoms with van der Waals surface area (Å²) in [6.07, 6.45) is 2.95. The van der Waals surface area contributed by atoms with Gasteiger partial charge in [-0.2, -0.15) is 0 Å². The SMILES string of the molecule is OCCSc1nccn1-c1c(F)cccc1F. The molecule has 0 saturated carbocycles. The molecule has 0 fully saturated rings. The molecule has 1 N–H and O–H groups in total. The van der Waals surface area contributed by atoms with Gasteiger partial charge in [-0.05, 0) is 12.1 Å². The lowest BCUT2D eigenvalue weighted by atomic mass is 10.3. The van der Waals surface area contributed by atoms with Gasteiger partial charge < -0.3 is 5.11 Å². The summed E-state index contributed by atoms with van der Waals surface area (Å²) in [4.78, 5) is 3.99. The number of hydrogen-bond donors (Lipinski definition) is 1. The lowest BCUT2D eigenvalue weighted by Crippen LogP contribution is -2.02. The number of halogens is 2. The second-order valence-electron chi connectivity index (χ2n) is 3.22. The van der Waals surface area contributed by atoms with E-state index < -0.39 is 11.6 Å². The molecule has 0 unspecified atom stereocenters. The summed E-state index contributed by atoms with van der Waals surface area (Å²) in [6.45, 7) is -0.0166. The smallest absolute Gasteiger partial charge is 0.172 e. The summed E-state index contributed by atoms with van der Waals surface area (Å²) in [5, 5.41) is 9.18. The Hall–Kier alpha value is -1.40. The number of thioether (sulfide) groups is 1. The Balaban J connectivity index is 2.43. The monoisotopic (exact) mass is 256 g/mol. The van der Waals surface area contributed by atoms with Crippen molar-refractivity contribution in [2.45, 2.75) is 5.16 Å². The largest absolute Gasteiger partial charge is 0.396 e. The van der Waals surface area contributed by atoms with Crippen molar-refractivity contribution in [2.24, 2.45) is 0 Å². The predicted octanol–water partition coefficient (Wildman–Crippen LogP) is 2.23. The Bertz CT molecular complexity index is 496. The first-order valence-corrected chi connectivity index (χ1v) is 5.94. The zero-order valence-corrected chi connectivity index (χ0v) is 9.62. The average Bonchev–Trinajstić information content (AvgIpc) is 2.74. The molecule has 0 aliphatic carbocycles. The number of hydrogen-bond acceptors (Lipinski definition) is 3. The Morgan fingerprint density at radius 3 is 2.65 bits per heavy atom. The molecular formula is C11H10F2N2OS. The van der Waals surface area contributed by atoms with Gasteiger partial charge >= 0.3 is 0 Å². The summed E-state index contributed by atoms with van der Waals surface area (Å²) in [6, 6.07) is 3.70. The third kappa shape index (κ3) is 2.48. The van der Waals surface area contributed by atoms with Crippen LogP contribution in [0.1, 0.15) is 0 Å². The van der Waals surface area contributed by atoms with Crippen molar-refractivity contribution in [3.05, 3.63) is 42.2 Å². The van der Waals surface area contributed by atoms with Gasteiger partial charge in [0.05, 0.1) is 6.61 Å². The quantitative estimate of drug-likeness (QED) is 0.852. The summed E-state index contributed by atoms with van der Waals surface area (Å²) >= 11 is 1.23. The Kier molecular flexibility index (Phi) is 3.75. The zero-order chi connectivity index (χ0) is 12.3. The molecule has 2 aromatic rings. The van der Waals surface area contributed by atoms with Crippen LogP contribution in [0.5, 0.6) is 0 Å². The first kappa shape index (κ1) is 12.1. The minimum atomic E-state index is -0.645. The van der Waals surface area contributed by atoms with E-state index in [-0.39, 0.29) is 12.3 Å². The van der Waals surface area contributed by atoms with Crippen LogP contribution in [0.3, 0.4) is 0 Å². The van der Waals surface area contributed by atoms with Crippen LogP contribution < -0.4 is 0 Å². The lowest BCUT2D eigenvalue weighted by Gasteiger charge is -2.08. The molecule has 0 amide bonds. The normalized spacial score (nSPS) is 10.8. The lowest BCUT2D eigenvalue weighted by molar-refractivity contribution is 0.322. The van der Waals surface area contributed by atoms with Gasteiger partial charge in [0, 0.05) is 18.1 Å². The number of aromatic nitrogens is 2. The van der Waals surface area contributed by atoms with Crippen molar-refractivity contribution >= 4 is 11.8 Å². The van der Waals surface area contributed by atoms with Crippen LogP contribution in [0.4, 0.5) is 8.78 Å². The highest BCUT2D eigenvalue weighted by atomic mass is 32.2. The third-order valence-electron chi connectivity index (χ3n) is 2.11. The Labute approximate surface area is 101 Å². The van der Waals surface area contributed by atoms with Gasteiger partial charge in [-0.1, -0.05) is 17.8 Å². The molecule has 0 atom stereocenters. The summed E-state index contributed by atoms with van der Waals surface area (Å²) in [7, 11) is 0. The van der Waals surface area contributed by atoms with Crippen LogP contribution in [-0.2, 0) is 0 Å². The van der Waals surface area contributed by atoms with E-state index in [2.05, 4.69) is 4.98 Å². The topological polar surface area (TPSA) is 38.1 Å². The number of nitrogens with zero attached hydrogens (tertiary/aromatic N) is 2. The van der Waals surface area contributed by atoms with E-state index in [1.54, 1.807) is 0 Å². The van der Waals surface area contributed by atoms with Crippen molar-refractivity contribution in [3.8, 4) is 5.69 Å². The maximum atomic E-state index is 13.6. The molecule has 90 valence electrons. The Morgan fingerprint density at radius 2 is 2.00 bits per heavy atom. The maximum Gasteiger partial charge on any atom is 0.172 e. The number of imidazole rings is 1. The van der Waals surface area contributed by atoms with Crippen molar-refractivity contribution < 1.29 is 13.9 Å². The van der Waals surface area contributed by atoms with Gasteiger partial charge in [0.25, 0.3) is 0 Å². The second-order valence-corrected chi connectivity index (χ2v) is 4.28. The Morgan fingerprint density at radius 1 is 1.29 bits per heavy atom. The van der Waals surface area contributed by atoms with Gasteiger partial charge in [-0.25, -0.2) is 13.8 Å². The standard InChI is InChI=1S/C11H10F2N2OS/c12-8-2-1-3-9(13)10(8)15-5-4-14-11(15)17-7-6-16/h1-5,16H,6-7H2. The number of rotatable bonds is 4. The van der Waals surface area contributed by atoms with Crippen LogP contribution in [0.15, 0.2) is 35.7 Å². The van der Waals surface area contributed by atoms with E-state index >= 15 is 0 Å². The zero-order valence-electron chi connectivity index (χ0n) is 8.81. The molecule has 1 aromatic heterocycles. The maximum absolute atomic E-state index is 13.6. The van der Waals surface area contributed by atoms with E-state index in [4.69, 9.17) is 5.11 Å². The van der Waals surface area contributed by atoms with E-state index in [9.17, 15) is 8.78 Å². The molecule has 0 saturated heterocycles. The number of benzene rings is 1. The van der Waals surface area contributed by atoms with Gasteiger partial charge in [-0.15, -0.1) is 0 Å². The average molecular weight is 256 g/mol. The number of para-hydroxylation sites is 1. The summed E-state index contributed by atoms with van der Waals surface area (Å²) < 4.78 is 28.5. The van der Waals surface area contributed by atoms with Gasteiger partial charge in [0.15, 0.2) is 5.16 Å². The molecule has 3 nitrogen and oxygen atoms in total. The van der Waals surface area contributed by atoms with E-state index in [0.29, 0.717) is 10.9 Å². The van der Waals surface area contributed by atoms with Gasteiger partial charge in [-0.3, -0.25) is 4.57 Å². The minimum absolute atomic E-state index is 0.0166. The molecule has 6 heteroatoms. The fourth-order valence-corrected chi connectivity index (χ4v) is 2.12. The molecule has 0 spiro atoms. The molecule has 0 radical (unpaired) electrons. The molecular weight excluding hydrogens is 246 g/mol. The number of aliphatic hydroxyl groups excluding tert-OH is 1. The van der Waals surface area contributed by atoms with Crippen LogP contribution in [0, 0.1) is 11.6 Å². The first-order valence-electron chi connectivity index (χ1n) is 4.95. The third-order valence-corrected chi connectivity index (χ3v) is 3.05. The molecule has 1 aromatic carbocycles. The predicted molar refractivity (Wildman–Crippen MR) is 61.3 cm³/mol. The molecule has 0 aliphatic rings. The second kappa shape index (κ2) is 5.29. The molecule has 17 heavy (non-hydrogen) atoms. The van der Waals surface area contributed by atoms with Crippen LogP contribution in [-0.4, -0.2) is 27.0 Å². The van der Waals surface area contributed by atoms with Crippen molar-refractivity contribution in [1.29, 1.82) is 0 Å². The van der Waals surface area contributed by atoms with E-state index in [1.807, 2.05) is 0 Å². The number of aliphatic hydroxyl groups is 1. The fraction of sp³-hybridized carbons (Fsp3) is 0.182. The molecule has 2 rings (SSSR count). The minimum Gasteiger partial charge on any atom is -0.396 e. The summed E-state index contributed by atoms with van der Waals surface area (Å²) in [5.41, 5.74) is -0.148. The highest BCUT2D eigenvalue weighted by Crippen LogP contribution is 2.24. The van der Waals surface area contributed by atoms with Crippen molar-refractivity contribution in [2.75, 3.05) is 12.4 Å². The van der Waals surface area contributed by atoms with Gasteiger partial charge in [0.2, 0.25) is 0 Å². The molecule has 0 bridgehead atoms. The van der Waals surface area contributed by atoms with E-state index in [0.717, 1.165) is 0 Å². The van der Waals surface area contributed by atoms with Crippen molar-refractivity contribution in [3.63, 3.8) is 0 Å². The highest BCUT2D eigenvalue weighted by Gasteiger charge is 2.14.